The highest BCUT2D eigenvalue weighted by Gasteiger charge is 2.27. The Balaban J connectivity index is 1.80. The van der Waals surface area contributed by atoms with E-state index >= 15 is 0 Å². The van der Waals surface area contributed by atoms with Crippen molar-refractivity contribution in [1.29, 1.82) is 0 Å². The van der Waals surface area contributed by atoms with Gasteiger partial charge in [-0.2, -0.15) is 0 Å². The lowest BCUT2D eigenvalue weighted by atomic mass is 9.96. The van der Waals surface area contributed by atoms with Crippen LogP contribution in [-0.2, 0) is 0 Å². The number of nitrogens with zero attached hydrogens (tertiary/aromatic N) is 2. The molecule has 2 aromatic rings. The number of aliphatic hydroxyl groups is 1. The van der Waals surface area contributed by atoms with E-state index in [1.165, 1.54) is 17.7 Å². The number of aliphatic hydroxyl groups excluding tert-OH is 1. The van der Waals surface area contributed by atoms with Crippen LogP contribution in [0.2, 0.25) is 0 Å². The summed E-state index contributed by atoms with van der Waals surface area (Å²) in [5, 5.41) is 10.1. The van der Waals surface area contributed by atoms with Crippen molar-refractivity contribution in [2.75, 3.05) is 26.2 Å². The average Bonchev–Trinajstić information content (AvgIpc) is 2.65. The van der Waals surface area contributed by atoms with Crippen LogP contribution < -0.4 is 0 Å². The molecule has 3 rings (SSSR count). The topological polar surface area (TPSA) is 26.7 Å². The number of hydrogen-bond acceptors (Lipinski definition) is 3. The molecular formula is C21H25FN2O. The lowest BCUT2D eigenvalue weighted by Crippen LogP contribution is -2.50. The summed E-state index contributed by atoms with van der Waals surface area (Å²) in [5.74, 6) is -0.213. The lowest BCUT2D eigenvalue weighted by Gasteiger charge is -2.40. The van der Waals surface area contributed by atoms with E-state index in [1.807, 2.05) is 49.4 Å². The van der Waals surface area contributed by atoms with Gasteiger partial charge in [-0.15, -0.1) is 0 Å². The minimum absolute atomic E-state index is 0.0998. The van der Waals surface area contributed by atoms with E-state index in [0.717, 1.165) is 31.7 Å². The summed E-state index contributed by atoms with van der Waals surface area (Å²) in [4.78, 5) is 4.48. The van der Waals surface area contributed by atoms with Crippen molar-refractivity contribution in [3.63, 3.8) is 0 Å². The van der Waals surface area contributed by atoms with Crippen LogP contribution in [0.3, 0.4) is 0 Å². The summed E-state index contributed by atoms with van der Waals surface area (Å²) in [7, 11) is 0. The standard InChI is InChI=1S/C21H25FN2O/c1-2-6-20(25)23-13-15-24(16-14-23)21(17-7-4-3-5-8-17)18-9-11-19(22)12-10-18/h2-12,20-21,25H,13-16H2,1H3/b6-2+. The van der Waals surface area contributed by atoms with Gasteiger partial charge in [-0.25, -0.2) is 4.39 Å². The molecule has 1 fully saturated rings. The average molecular weight is 340 g/mol. The molecule has 0 radical (unpaired) electrons. The molecule has 0 saturated carbocycles. The Labute approximate surface area is 149 Å². The summed E-state index contributed by atoms with van der Waals surface area (Å²) in [6, 6.07) is 17.2. The Kier molecular flexibility index (Phi) is 5.97. The summed E-state index contributed by atoms with van der Waals surface area (Å²) in [6.07, 6.45) is 3.17. The van der Waals surface area contributed by atoms with Crippen LogP contribution >= 0.6 is 0 Å². The summed E-state index contributed by atoms with van der Waals surface area (Å²) >= 11 is 0. The van der Waals surface area contributed by atoms with Crippen molar-refractivity contribution in [2.45, 2.75) is 19.2 Å². The van der Waals surface area contributed by atoms with Gasteiger partial charge >= 0.3 is 0 Å². The molecule has 0 aliphatic carbocycles. The van der Waals surface area contributed by atoms with E-state index in [2.05, 4.69) is 21.9 Å². The molecule has 4 heteroatoms. The van der Waals surface area contributed by atoms with Crippen LogP contribution in [0, 0.1) is 5.82 Å². The molecular weight excluding hydrogens is 315 g/mol. The largest absolute Gasteiger partial charge is 0.375 e. The first-order chi connectivity index (χ1) is 12.2. The van der Waals surface area contributed by atoms with Gasteiger partial charge in [0.25, 0.3) is 0 Å². The summed E-state index contributed by atoms with van der Waals surface area (Å²) in [6.45, 7) is 5.22. The van der Waals surface area contributed by atoms with Crippen LogP contribution in [0.25, 0.3) is 0 Å². The fourth-order valence-corrected chi connectivity index (χ4v) is 3.45. The molecule has 1 N–H and O–H groups in total. The molecule has 1 aliphatic heterocycles. The van der Waals surface area contributed by atoms with Crippen LogP contribution in [-0.4, -0.2) is 47.3 Å². The second kappa shape index (κ2) is 8.39. The van der Waals surface area contributed by atoms with Crippen LogP contribution in [0.4, 0.5) is 4.39 Å². The first-order valence-electron chi connectivity index (χ1n) is 8.78. The molecule has 2 atom stereocenters. The maximum Gasteiger partial charge on any atom is 0.126 e. The van der Waals surface area contributed by atoms with Crippen molar-refractivity contribution in [1.82, 2.24) is 9.80 Å². The van der Waals surface area contributed by atoms with Gasteiger partial charge in [0.1, 0.15) is 12.0 Å². The summed E-state index contributed by atoms with van der Waals surface area (Å²) in [5.41, 5.74) is 2.30. The smallest absolute Gasteiger partial charge is 0.126 e. The number of piperazine rings is 1. The Morgan fingerprint density at radius 3 is 2.04 bits per heavy atom. The third kappa shape index (κ3) is 4.34. The van der Waals surface area contributed by atoms with E-state index in [-0.39, 0.29) is 11.9 Å². The zero-order valence-corrected chi connectivity index (χ0v) is 14.6. The molecule has 1 saturated heterocycles. The third-order valence-corrected chi connectivity index (χ3v) is 4.75. The van der Waals surface area contributed by atoms with E-state index in [1.54, 1.807) is 0 Å². The fourth-order valence-electron chi connectivity index (χ4n) is 3.45. The fraction of sp³-hybridized carbons (Fsp3) is 0.333. The molecule has 2 unspecified atom stereocenters. The highest BCUT2D eigenvalue weighted by Crippen LogP contribution is 2.29. The van der Waals surface area contributed by atoms with Gasteiger partial charge in [0.2, 0.25) is 0 Å². The highest BCUT2D eigenvalue weighted by atomic mass is 19.1. The van der Waals surface area contributed by atoms with E-state index in [4.69, 9.17) is 0 Å². The molecule has 1 heterocycles. The van der Waals surface area contributed by atoms with Gasteiger partial charge in [0, 0.05) is 26.2 Å². The SMILES string of the molecule is C/C=C/C(O)N1CCN(C(c2ccccc2)c2ccc(F)cc2)CC1. The Bertz CT molecular complexity index is 679. The van der Waals surface area contributed by atoms with Crippen molar-refractivity contribution in [3.8, 4) is 0 Å². The zero-order valence-electron chi connectivity index (χ0n) is 14.6. The molecule has 2 aromatic carbocycles. The first kappa shape index (κ1) is 17.8. The van der Waals surface area contributed by atoms with Crippen LogP contribution in [0.15, 0.2) is 66.7 Å². The molecule has 0 aromatic heterocycles. The predicted octanol–water partition coefficient (Wildman–Crippen LogP) is 3.43. The number of rotatable bonds is 5. The van der Waals surface area contributed by atoms with Crippen molar-refractivity contribution in [3.05, 3.63) is 83.7 Å². The molecule has 0 spiro atoms. The zero-order chi connectivity index (χ0) is 17.6. The number of allylic oxidation sites excluding steroid dienone is 1. The second-order valence-electron chi connectivity index (χ2n) is 6.38. The number of hydrogen-bond donors (Lipinski definition) is 1. The normalized spacial score (nSPS) is 19.2. The van der Waals surface area contributed by atoms with E-state index in [0.29, 0.717) is 0 Å². The monoisotopic (exact) mass is 340 g/mol. The van der Waals surface area contributed by atoms with Gasteiger partial charge < -0.3 is 5.11 Å². The third-order valence-electron chi connectivity index (χ3n) is 4.75. The van der Waals surface area contributed by atoms with Crippen molar-refractivity contribution < 1.29 is 9.50 Å². The molecule has 25 heavy (non-hydrogen) atoms. The minimum Gasteiger partial charge on any atom is -0.375 e. The number of benzene rings is 2. The Hall–Kier alpha value is -2.01. The van der Waals surface area contributed by atoms with Gasteiger partial charge in [0.15, 0.2) is 0 Å². The van der Waals surface area contributed by atoms with Gasteiger partial charge in [-0.05, 0) is 36.3 Å². The minimum atomic E-state index is -0.520. The quantitative estimate of drug-likeness (QED) is 0.845. The van der Waals surface area contributed by atoms with Crippen LogP contribution in [0.1, 0.15) is 24.1 Å². The lowest BCUT2D eigenvalue weighted by molar-refractivity contribution is -0.00106. The Morgan fingerprint density at radius 2 is 1.44 bits per heavy atom. The molecule has 0 bridgehead atoms. The van der Waals surface area contributed by atoms with E-state index in [9.17, 15) is 9.50 Å². The molecule has 0 amide bonds. The first-order valence-corrected chi connectivity index (χ1v) is 8.78. The maximum absolute atomic E-state index is 13.4. The summed E-state index contributed by atoms with van der Waals surface area (Å²) < 4.78 is 13.4. The predicted molar refractivity (Wildman–Crippen MR) is 98.7 cm³/mol. The van der Waals surface area contributed by atoms with Crippen LogP contribution in [0.5, 0.6) is 0 Å². The molecule has 1 aliphatic rings. The second-order valence-corrected chi connectivity index (χ2v) is 6.38. The molecule has 3 nitrogen and oxygen atoms in total. The molecule has 132 valence electrons. The number of halogens is 1. The van der Waals surface area contributed by atoms with Gasteiger partial charge in [-0.1, -0.05) is 48.5 Å². The van der Waals surface area contributed by atoms with Crippen molar-refractivity contribution >= 4 is 0 Å². The van der Waals surface area contributed by atoms with E-state index < -0.39 is 6.23 Å². The van der Waals surface area contributed by atoms with Crippen molar-refractivity contribution in [2.24, 2.45) is 0 Å². The van der Waals surface area contributed by atoms with Gasteiger partial charge in [0.05, 0.1) is 6.04 Å². The highest BCUT2D eigenvalue weighted by molar-refractivity contribution is 5.32. The van der Waals surface area contributed by atoms with Gasteiger partial charge in [-0.3, -0.25) is 9.80 Å². The maximum atomic E-state index is 13.4. The Morgan fingerprint density at radius 1 is 0.880 bits per heavy atom.